The highest BCUT2D eigenvalue weighted by Gasteiger charge is 2.14. The van der Waals surface area contributed by atoms with Crippen molar-refractivity contribution < 1.29 is 13.2 Å². The molecule has 0 spiro atoms. The monoisotopic (exact) mass is 334 g/mol. The van der Waals surface area contributed by atoms with Crippen molar-refractivity contribution in [3.05, 3.63) is 28.2 Å². The van der Waals surface area contributed by atoms with Gasteiger partial charge in [-0.25, -0.2) is 8.42 Å². The molecule has 18 heavy (non-hydrogen) atoms. The maximum Gasteiger partial charge on any atom is 0.253 e. The van der Waals surface area contributed by atoms with Crippen LogP contribution in [0.5, 0.6) is 0 Å². The molecule has 0 saturated carbocycles. The molecule has 0 aliphatic rings. The molecule has 0 atom stereocenters. The summed E-state index contributed by atoms with van der Waals surface area (Å²) in [6, 6.07) is 4.90. The number of hydrogen-bond donors (Lipinski definition) is 1. The molecule has 0 bridgehead atoms. The first-order valence-electron chi connectivity index (χ1n) is 5.18. The van der Waals surface area contributed by atoms with Crippen molar-refractivity contribution in [1.29, 1.82) is 0 Å². The van der Waals surface area contributed by atoms with Gasteiger partial charge in [0.05, 0.1) is 5.75 Å². The average molecular weight is 335 g/mol. The van der Waals surface area contributed by atoms with Crippen molar-refractivity contribution in [2.45, 2.75) is 0 Å². The van der Waals surface area contributed by atoms with Crippen LogP contribution < -0.4 is 5.73 Å². The number of sulfone groups is 1. The van der Waals surface area contributed by atoms with E-state index in [1.54, 1.807) is 25.2 Å². The highest BCUT2D eigenvalue weighted by molar-refractivity contribution is 9.10. The van der Waals surface area contributed by atoms with Gasteiger partial charge < -0.3 is 10.6 Å². The van der Waals surface area contributed by atoms with Crippen LogP contribution in [0.1, 0.15) is 10.4 Å². The molecule has 0 heterocycles. The molecule has 5 nitrogen and oxygen atoms in total. The summed E-state index contributed by atoms with van der Waals surface area (Å²) >= 11 is 3.25. The molecule has 0 aliphatic heterocycles. The van der Waals surface area contributed by atoms with E-state index in [0.29, 0.717) is 15.7 Å². The van der Waals surface area contributed by atoms with Crippen LogP contribution in [0.4, 0.5) is 5.69 Å². The minimum absolute atomic E-state index is 0.0568. The summed E-state index contributed by atoms with van der Waals surface area (Å²) in [4.78, 5) is 13.4. The van der Waals surface area contributed by atoms with Crippen LogP contribution >= 0.6 is 15.9 Å². The molecular formula is C11H15BrN2O3S. The summed E-state index contributed by atoms with van der Waals surface area (Å²) < 4.78 is 22.8. The molecule has 100 valence electrons. The number of carbonyl (C=O) groups is 1. The smallest absolute Gasteiger partial charge is 0.253 e. The summed E-state index contributed by atoms with van der Waals surface area (Å²) in [6.07, 6.45) is 1.14. The Hall–Kier alpha value is -1.08. The second-order valence-electron chi connectivity index (χ2n) is 4.13. The normalized spacial score (nSPS) is 11.3. The van der Waals surface area contributed by atoms with Gasteiger partial charge in [-0.2, -0.15) is 0 Å². The molecular weight excluding hydrogens is 320 g/mol. The molecule has 1 aromatic carbocycles. The molecule has 0 aliphatic carbocycles. The maximum absolute atomic E-state index is 12.0. The van der Waals surface area contributed by atoms with Crippen LogP contribution in [0.2, 0.25) is 0 Å². The van der Waals surface area contributed by atoms with Gasteiger partial charge in [0.25, 0.3) is 5.91 Å². The van der Waals surface area contributed by atoms with E-state index in [9.17, 15) is 13.2 Å². The first kappa shape index (κ1) is 15.0. The molecule has 7 heteroatoms. The van der Waals surface area contributed by atoms with Crippen molar-refractivity contribution in [3.8, 4) is 0 Å². The Morgan fingerprint density at radius 2 is 2.00 bits per heavy atom. The third kappa shape index (κ3) is 4.66. The van der Waals surface area contributed by atoms with Crippen LogP contribution in [0, 0.1) is 0 Å². The number of anilines is 1. The average Bonchev–Trinajstić information content (AvgIpc) is 2.22. The Labute approximate surface area is 115 Å². The fourth-order valence-corrected chi connectivity index (χ4v) is 2.48. The first-order chi connectivity index (χ1) is 8.19. The predicted molar refractivity (Wildman–Crippen MR) is 75.2 cm³/mol. The number of halogens is 1. The van der Waals surface area contributed by atoms with Crippen LogP contribution in [-0.2, 0) is 9.84 Å². The Bertz CT molecular complexity index is 537. The Morgan fingerprint density at radius 1 is 1.39 bits per heavy atom. The van der Waals surface area contributed by atoms with E-state index in [0.717, 1.165) is 6.26 Å². The molecule has 0 saturated heterocycles. The lowest BCUT2D eigenvalue weighted by Gasteiger charge is -2.17. The van der Waals surface area contributed by atoms with Crippen LogP contribution in [0.25, 0.3) is 0 Å². The van der Waals surface area contributed by atoms with Crippen LogP contribution in [0.3, 0.4) is 0 Å². The fourth-order valence-electron chi connectivity index (χ4n) is 1.36. The van der Waals surface area contributed by atoms with E-state index in [4.69, 9.17) is 5.73 Å². The lowest BCUT2D eigenvalue weighted by Crippen LogP contribution is -2.31. The molecule has 1 rings (SSSR count). The second-order valence-corrected chi connectivity index (χ2v) is 7.31. The van der Waals surface area contributed by atoms with Crippen LogP contribution in [0.15, 0.2) is 22.7 Å². The van der Waals surface area contributed by atoms with Gasteiger partial charge in [0, 0.05) is 35.6 Å². The van der Waals surface area contributed by atoms with Gasteiger partial charge >= 0.3 is 0 Å². The highest BCUT2D eigenvalue weighted by atomic mass is 79.9. The number of amides is 1. The number of benzene rings is 1. The van der Waals surface area contributed by atoms with Gasteiger partial charge in [-0.3, -0.25) is 4.79 Å². The summed E-state index contributed by atoms with van der Waals surface area (Å²) in [5.41, 5.74) is 6.55. The second kappa shape index (κ2) is 5.71. The van der Waals surface area contributed by atoms with Gasteiger partial charge in [-0.05, 0) is 18.2 Å². The molecule has 1 aromatic rings. The van der Waals surface area contributed by atoms with Gasteiger partial charge in [-0.15, -0.1) is 0 Å². The molecule has 0 radical (unpaired) electrons. The van der Waals surface area contributed by atoms with E-state index >= 15 is 0 Å². The predicted octanol–water partition coefficient (Wildman–Crippen LogP) is 1.15. The number of hydrogen-bond acceptors (Lipinski definition) is 4. The molecule has 0 aromatic heterocycles. The molecule has 1 amide bonds. The van der Waals surface area contributed by atoms with Gasteiger partial charge in [0.2, 0.25) is 0 Å². The zero-order valence-corrected chi connectivity index (χ0v) is 12.6. The minimum Gasteiger partial charge on any atom is -0.399 e. The number of nitrogen functional groups attached to an aromatic ring is 1. The van der Waals surface area contributed by atoms with Gasteiger partial charge in [0.1, 0.15) is 9.84 Å². The van der Waals surface area contributed by atoms with E-state index in [1.165, 1.54) is 4.90 Å². The first-order valence-corrected chi connectivity index (χ1v) is 8.03. The Kier molecular flexibility index (Phi) is 4.75. The van der Waals surface area contributed by atoms with E-state index in [1.807, 2.05) is 0 Å². The quantitative estimate of drug-likeness (QED) is 0.837. The van der Waals surface area contributed by atoms with Crippen molar-refractivity contribution in [3.63, 3.8) is 0 Å². The zero-order chi connectivity index (χ0) is 13.9. The fraction of sp³-hybridized carbons (Fsp3) is 0.364. The molecule has 0 unspecified atom stereocenters. The third-order valence-corrected chi connectivity index (χ3v) is 3.69. The lowest BCUT2D eigenvalue weighted by molar-refractivity contribution is 0.0803. The van der Waals surface area contributed by atoms with Crippen LogP contribution in [-0.4, -0.2) is 44.8 Å². The minimum atomic E-state index is -3.08. The van der Waals surface area contributed by atoms with E-state index in [2.05, 4.69) is 15.9 Å². The number of nitrogens with two attached hydrogens (primary N) is 1. The standard InChI is InChI=1S/C11H15BrN2O3S/c1-14(3-4-18(2,16)17)11(15)8-5-9(12)7-10(13)6-8/h5-7H,3-4,13H2,1-2H3. The number of nitrogens with zero attached hydrogens (tertiary/aromatic N) is 1. The van der Waals surface area contributed by atoms with E-state index < -0.39 is 9.84 Å². The highest BCUT2D eigenvalue weighted by Crippen LogP contribution is 2.18. The van der Waals surface area contributed by atoms with Crippen molar-refractivity contribution >= 4 is 37.4 Å². The van der Waals surface area contributed by atoms with E-state index in [-0.39, 0.29) is 18.2 Å². The third-order valence-electron chi connectivity index (χ3n) is 2.31. The van der Waals surface area contributed by atoms with Gasteiger partial charge in [0.15, 0.2) is 0 Å². The zero-order valence-electron chi connectivity index (χ0n) is 10.2. The van der Waals surface area contributed by atoms with Crippen molar-refractivity contribution in [2.75, 3.05) is 31.3 Å². The summed E-state index contributed by atoms with van der Waals surface area (Å²) in [6.45, 7) is 0.157. The Morgan fingerprint density at radius 3 is 2.50 bits per heavy atom. The summed E-state index contributed by atoms with van der Waals surface area (Å²) in [5, 5.41) is 0. The SMILES string of the molecule is CN(CCS(C)(=O)=O)C(=O)c1cc(N)cc(Br)c1. The van der Waals surface area contributed by atoms with Gasteiger partial charge in [-0.1, -0.05) is 15.9 Å². The maximum atomic E-state index is 12.0. The number of carbonyl (C=O) groups excluding carboxylic acids is 1. The van der Waals surface area contributed by atoms with Crippen molar-refractivity contribution in [2.24, 2.45) is 0 Å². The van der Waals surface area contributed by atoms with Crippen molar-refractivity contribution in [1.82, 2.24) is 4.90 Å². The lowest BCUT2D eigenvalue weighted by atomic mass is 10.2. The summed E-state index contributed by atoms with van der Waals surface area (Å²) in [7, 11) is -1.52. The Balaban J connectivity index is 2.80. The number of rotatable bonds is 4. The largest absolute Gasteiger partial charge is 0.399 e. The molecule has 2 N–H and O–H groups in total. The topological polar surface area (TPSA) is 80.5 Å². The summed E-state index contributed by atoms with van der Waals surface area (Å²) in [5.74, 6) is -0.315. The molecule has 0 fully saturated rings.